The van der Waals surface area contributed by atoms with Crippen LogP contribution in [-0.2, 0) is 0 Å². The molecule has 0 spiro atoms. The molecule has 0 bridgehead atoms. The lowest BCUT2D eigenvalue weighted by molar-refractivity contribution is 0.215. The topological polar surface area (TPSA) is 53.4 Å². The van der Waals surface area contributed by atoms with Crippen molar-refractivity contribution in [1.29, 1.82) is 0 Å². The Morgan fingerprint density at radius 2 is 1.63 bits per heavy atom. The molecule has 1 aromatic heterocycles. The van der Waals surface area contributed by atoms with Crippen molar-refractivity contribution >= 4 is 15.9 Å². The Kier molecular flexibility index (Phi) is 8.00. The molecule has 0 fully saturated rings. The van der Waals surface area contributed by atoms with E-state index in [0.717, 1.165) is 10.4 Å². The third-order valence-electron chi connectivity index (χ3n) is 3.31. The van der Waals surface area contributed by atoms with Gasteiger partial charge >= 0.3 is 0 Å². The Bertz CT molecular complexity index is 899. The maximum atomic E-state index is 13.0. The van der Waals surface area contributed by atoms with Gasteiger partial charge in [-0.1, -0.05) is 32.0 Å². The molecular weight excluding hydrogens is 415 g/mol. The number of halogens is 2. The van der Waals surface area contributed by atoms with E-state index in [-0.39, 0.29) is 16.9 Å². The van der Waals surface area contributed by atoms with Crippen molar-refractivity contribution in [2.45, 2.75) is 13.8 Å². The Labute approximate surface area is 165 Å². The number of hydrogen-bond acceptors (Lipinski definition) is 4. The molecule has 0 aliphatic rings. The molecule has 3 aromatic rings. The van der Waals surface area contributed by atoms with Gasteiger partial charge in [-0.3, -0.25) is 4.79 Å². The van der Waals surface area contributed by atoms with Crippen molar-refractivity contribution in [1.82, 2.24) is 9.78 Å². The van der Waals surface area contributed by atoms with Crippen LogP contribution in [0.25, 0.3) is 5.69 Å². The summed E-state index contributed by atoms with van der Waals surface area (Å²) in [6.45, 7) is 4.59. The Hall–Kier alpha value is -2.67. The highest BCUT2D eigenvalue weighted by Gasteiger charge is 2.11. The zero-order valence-electron chi connectivity index (χ0n) is 15.1. The van der Waals surface area contributed by atoms with Crippen LogP contribution in [0, 0.1) is 5.82 Å². The first kappa shape index (κ1) is 20.6. The fourth-order valence-corrected chi connectivity index (χ4v) is 2.50. The lowest BCUT2D eigenvalue weighted by Gasteiger charge is -2.11. The van der Waals surface area contributed by atoms with Gasteiger partial charge in [0, 0.05) is 0 Å². The molecule has 0 unspecified atom stereocenters. The van der Waals surface area contributed by atoms with Crippen LogP contribution in [0.1, 0.15) is 13.8 Å². The van der Waals surface area contributed by atoms with Gasteiger partial charge in [-0.2, -0.15) is 9.78 Å². The minimum Gasteiger partial charge on any atom is -0.490 e. The van der Waals surface area contributed by atoms with Crippen molar-refractivity contribution in [2.75, 3.05) is 13.2 Å². The third-order valence-corrected chi connectivity index (χ3v) is 4.04. The first-order chi connectivity index (χ1) is 13.1. The van der Waals surface area contributed by atoms with E-state index in [4.69, 9.17) is 9.47 Å². The molecule has 2 aromatic carbocycles. The Morgan fingerprint density at radius 1 is 1.00 bits per heavy atom. The van der Waals surface area contributed by atoms with Gasteiger partial charge in [0.2, 0.25) is 0 Å². The highest BCUT2D eigenvalue weighted by molar-refractivity contribution is 9.10. The number of nitrogens with zero attached hydrogens (tertiary/aromatic N) is 2. The smallest absolute Gasteiger partial charge is 0.289 e. The third kappa shape index (κ3) is 5.65. The maximum Gasteiger partial charge on any atom is 0.289 e. The molecule has 1 heterocycles. The van der Waals surface area contributed by atoms with Gasteiger partial charge < -0.3 is 9.47 Å². The van der Waals surface area contributed by atoms with Crippen molar-refractivity contribution < 1.29 is 13.9 Å². The van der Waals surface area contributed by atoms with Gasteiger partial charge in [0.1, 0.15) is 29.3 Å². The summed E-state index contributed by atoms with van der Waals surface area (Å²) in [5, 5.41) is 4.06. The summed E-state index contributed by atoms with van der Waals surface area (Å²) >= 11 is 3.23. The molecule has 0 aliphatic heterocycles. The zero-order valence-corrected chi connectivity index (χ0v) is 16.6. The first-order valence-corrected chi connectivity index (χ1v) is 9.29. The summed E-state index contributed by atoms with van der Waals surface area (Å²) in [6.07, 6.45) is 1.43. The van der Waals surface area contributed by atoms with E-state index >= 15 is 0 Å². The molecule has 0 radical (unpaired) electrons. The largest absolute Gasteiger partial charge is 0.490 e. The average molecular weight is 435 g/mol. The van der Waals surface area contributed by atoms with Crippen LogP contribution in [0.4, 0.5) is 4.39 Å². The van der Waals surface area contributed by atoms with Crippen molar-refractivity contribution in [2.24, 2.45) is 0 Å². The summed E-state index contributed by atoms with van der Waals surface area (Å²) in [5.41, 5.74) is 0.0687. The van der Waals surface area contributed by atoms with Crippen LogP contribution in [0.15, 0.2) is 70.1 Å². The number of benzene rings is 2. The highest BCUT2D eigenvalue weighted by atomic mass is 79.9. The molecule has 0 saturated carbocycles. The molecule has 3 rings (SSSR count). The van der Waals surface area contributed by atoms with E-state index in [9.17, 15) is 9.18 Å². The monoisotopic (exact) mass is 434 g/mol. The van der Waals surface area contributed by atoms with Crippen molar-refractivity contribution in [3.63, 3.8) is 0 Å². The minimum absolute atomic E-state index is 0.242. The summed E-state index contributed by atoms with van der Waals surface area (Å²) in [4.78, 5) is 12.4. The highest BCUT2D eigenvalue weighted by Crippen LogP contribution is 2.20. The van der Waals surface area contributed by atoms with Crippen LogP contribution >= 0.6 is 15.9 Å². The molecule has 0 aliphatic carbocycles. The molecular formula is C20H20BrFN2O3. The van der Waals surface area contributed by atoms with Crippen molar-refractivity contribution in [3.05, 3.63) is 81.4 Å². The molecule has 0 N–H and O–H groups in total. The molecule has 142 valence electrons. The number of rotatable bonds is 6. The van der Waals surface area contributed by atoms with E-state index in [0.29, 0.717) is 18.0 Å². The molecule has 7 heteroatoms. The molecule has 5 nitrogen and oxygen atoms in total. The number of aromatic nitrogens is 2. The second-order valence-corrected chi connectivity index (χ2v) is 5.82. The standard InChI is InChI=1S/C18H14BrFN2O3.C2H6/c19-17-16(25-11-10-24-15-4-2-1-3-5-15)12-21-22(18(17)23)14-8-6-13(20)7-9-14;1-2/h1-9,12H,10-11H2;1-2H3. The van der Waals surface area contributed by atoms with E-state index in [1.807, 2.05) is 44.2 Å². The second-order valence-electron chi connectivity index (χ2n) is 5.03. The lowest BCUT2D eigenvalue weighted by Crippen LogP contribution is -2.22. The number of hydrogen-bond donors (Lipinski definition) is 0. The zero-order chi connectivity index (χ0) is 19.6. The minimum atomic E-state index is -0.395. The maximum absolute atomic E-state index is 13.0. The van der Waals surface area contributed by atoms with Crippen LogP contribution in [0.5, 0.6) is 11.5 Å². The van der Waals surface area contributed by atoms with Gasteiger partial charge in [-0.15, -0.1) is 0 Å². The molecule has 0 saturated heterocycles. The lowest BCUT2D eigenvalue weighted by atomic mass is 10.3. The van der Waals surface area contributed by atoms with E-state index in [1.165, 1.54) is 30.5 Å². The van der Waals surface area contributed by atoms with Crippen LogP contribution in [0.3, 0.4) is 0 Å². The Balaban J connectivity index is 0.00000126. The normalized spacial score (nSPS) is 9.93. The fraction of sp³-hybridized carbons (Fsp3) is 0.200. The number of para-hydroxylation sites is 1. The fourth-order valence-electron chi connectivity index (χ4n) is 2.11. The Morgan fingerprint density at radius 3 is 2.30 bits per heavy atom. The predicted molar refractivity (Wildman–Crippen MR) is 106 cm³/mol. The molecule has 27 heavy (non-hydrogen) atoms. The number of ether oxygens (including phenoxy) is 2. The van der Waals surface area contributed by atoms with Crippen LogP contribution in [-0.4, -0.2) is 23.0 Å². The summed E-state index contributed by atoms with van der Waals surface area (Å²) in [6, 6.07) is 14.8. The molecule has 0 atom stereocenters. The molecule has 0 amide bonds. The average Bonchev–Trinajstić information content (AvgIpc) is 2.71. The first-order valence-electron chi connectivity index (χ1n) is 8.49. The quantitative estimate of drug-likeness (QED) is 0.531. The van der Waals surface area contributed by atoms with Gasteiger partial charge in [0.05, 0.1) is 11.9 Å². The van der Waals surface area contributed by atoms with E-state index in [1.54, 1.807) is 0 Å². The van der Waals surface area contributed by atoms with Gasteiger partial charge in [-0.05, 0) is 52.3 Å². The second kappa shape index (κ2) is 10.5. The predicted octanol–water partition coefficient (Wildman–Crippen LogP) is 4.62. The summed E-state index contributed by atoms with van der Waals surface area (Å²) in [7, 11) is 0. The van der Waals surface area contributed by atoms with Gasteiger partial charge in [-0.25, -0.2) is 4.39 Å². The van der Waals surface area contributed by atoms with Crippen molar-refractivity contribution in [3.8, 4) is 17.2 Å². The van der Waals surface area contributed by atoms with Crippen LogP contribution < -0.4 is 15.0 Å². The van der Waals surface area contributed by atoms with Gasteiger partial charge in [0.25, 0.3) is 5.56 Å². The van der Waals surface area contributed by atoms with Gasteiger partial charge in [0.15, 0.2) is 5.75 Å². The SMILES string of the molecule is CC.O=c1c(Br)c(OCCOc2ccccc2)cnn1-c1ccc(F)cc1. The van der Waals surface area contributed by atoms with Crippen LogP contribution in [0.2, 0.25) is 0 Å². The summed E-state index contributed by atoms with van der Waals surface area (Å²) in [5.74, 6) is 0.685. The summed E-state index contributed by atoms with van der Waals surface area (Å²) < 4.78 is 25.5. The van der Waals surface area contributed by atoms with E-state index < -0.39 is 5.56 Å². The van der Waals surface area contributed by atoms with E-state index in [2.05, 4.69) is 21.0 Å².